The molecular weight excluding hydrogens is 411 g/mol. The number of carbonyl (C=O) groups is 1. The van der Waals surface area contributed by atoms with Crippen molar-refractivity contribution in [2.45, 2.75) is 62.3 Å². The van der Waals surface area contributed by atoms with Crippen molar-refractivity contribution in [1.29, 1.82) is 0 Å². The Morgan fingerprint density at radius 2 is 1.68 bits per heavy atom. The van der Waals surface area contributed by atoms with Gasteiger partial charge in [-0.05, 0) is 37.8 Å². The maximum Gasteiger partial charge on any atom is 0.390 e. The molecule has 2 heterocycles. The second-order valence-corrected chi connectivity index (χ2v) is 8.83. The number of ether oxygens (including phenoxy) is 2. The quantitative estimate of drug-likeness (QED) is 0.755. The minimum atomic E-state index is -4.16. The van der Waals surface area contributed by atoms with Gasteiger partial charge in [-0.15, -0.1) is 0 Å². The largest absolute Gasteiger partial charge is 0.493 e. The molecule has 2 spiro atoms. The van der Waals surface area contributed by atoms with Crippen LogP contribution in [0.5, 0.6) is 11.5 Å². The van der Waals surface area contributed by atoms with Crippen LogP contribution >= 0.6 is 0 Å². The predicted molar refractivity (Wildman–Crippen MR) is 110 cm³/mol. The van der Waals surface area contributed by atoms with Gasteiger partial charge in [0.25, 0.3) is 0 Å². The minimum Gasteiger partial charge on any atom is -0.493 e. The van der Waals surface area contributed by atoms with Gasteiger partial charge < -0.3 is 14.4 Å². The van der Waals surface area contributed by atoms with Crippen LogP contribution in [-0.4, -0.2) is 62.0 Å². The number of nitrogens with zero attached hydrogens (tertiary/aromatic N) is 2. The van der Waals surface area contributed by atoms with Crippen LogP contribution in [0.15, 0.2) is 18.2 Å². The van der Waals surface area contributed by atoms with Crippen molar-refractivity contribution in [3.8, 4) is 11.5 Å². The van der Waals surface area contributed by atoms with Crippen molar-refractivity contribution in [2.24, 2.45) is 0 Å². The zero-order chi connectivity index (χ0) is 22.3. The smallest absolute Gasteiger partial charge is 0.390 e. The Labute approximate surface area is 180 Å². The number of piperidine rings is 1. The van der Waals surface area contributed by atoms with Gasteiger partial charge in [0.05, 0.1) is 20.6 Å². The second kappa shape index (κ2) is 8.16. The van der Waals surface area contributed by atoms with Gasteiger partial charge in [-0.2, -0.15) is 13.2 Å². The standard InChI is InChI=1S/C22H30F3N3O3/c1-30-17-6-5-16(15-18(17)31-2)28-19(29)20(7-3-4-8-20)26-21(28)9-12-27(13-10-21)14-11-22(23,24)25/h5-6,15,26H,3-4,7-14H2,1-2H3. The number of amides is 1. The normalized spacial score (nSPS) is 23.1. The van der Waals surface area contributed by atoms with Crippen molar-refractivity contribution in [1.82, 2.24) is 10.2 Å². The molecule has 3 aliphatic rings. The molecule has 0 atom stereocenters. The Morgan fingerprint density at radius 3 is 2.26 bits per heavy atom. The average molecular weight is 441 g/mol. The van der Waals surface area contributed by atoms with Gasteiger partial charge in [0.15, 0.2) is 11.5 Å². The number of anilines is 1. The molecule has 0 unspecified atom stereocenters. The molecule has 2 aliphatic heterocycles. The summed E-state index contributed by atoms with van der Waals surface area (Å²) in [7, 11) is 3.12. The first-order chi connectivity index (χ1) is 14.7. The molecule has 1 aromatic carbocycles. The summed E-state index contributed by atoms with van der Waals surface area (Å²) in [5, 5.41) is 3.69. The fourth-order valence-electron chi connectivity index (χ4n) is 5.39. The molecule has 31 heavy (non-hydrogen) atoms. The van der Waals surface area contributed by atoms with Gasteiger partial charge in [-0.1, -0.05) is 12.8 Å². The summed E-state index contributed by atoms with van der Waals surface area (Å²) >= 11 is 0. The second-order valence-electron chi connectivity index (χ2n) is 8.83. The third kappa shape index (κ3) is 4.09. The molecule has 3 fully saturated rings. The summed E-state index contributed by atoms with van der Waals surface area (Å²) in [6.07, 6.45) is -0.256. The fourth-order valence-corrected chi connectivity index (χ4v) is 5.39. The van der Waals surface area contributed by atoms with Crippen LogP contribution in [0.3, 0.4) is 0 Å². The highest BCUT2D eigenvalue weighted by Crippen LogP contribution is 2.47. The van der Waals surface area contributed by atoms with Gasteiger partial charge in [-0.3, -0.25) is 15.0 Å². The molecule has 0 bridgehead atoms. The Bertz CT molecular complexity index is 816. The molecule has 9 heteroatoms. The number of rotatable bonds is 5. The first-order valence-electron chi connectivity index (χ1n) is 10.9. The molecule has 2 saturated heterocycles. The number of halogens is 3. The maximum absolute atomic E-state index is 13.7. The van der Waals surface area contributed by atoms with Crippen LogP contribution < -0.4 is 19.7 Å². The van der Waals surface area contributed by atoms with E-state index in [4.69, 9.17) is 9.47 Å². The summed E-state index contributed by atoms with van der Waals surface area (Å²) < 4.78 is 48.8. The van der Waals surface area contributed by atoms with Crippen LogP contribution in [0.25, 0.3) is 0 Å². The Hall–Kier alpha value is -2.00. The summed E-state index contributed by atoms with van der Waals surface area (Å²) in [5.74, 6) is 1.18. The molecule has 1 aromatic rings. The van der Waals surface area contributed by atoms with E-state index in [1.807, 2.05) is 21.9 Å². The minimum absolute atomic E-state index is 0.00493. The third-order valence-corrected chi connectivity index (χ3v) is 6.99. The molecule has 6 nitrogen and oxygen atoms in total. The lowest BCUT2D eigenvalue weighted by atomic mass is 9.94. The van der Waals surface area contributed by atoms with E-state index in [0.29, 0.717) is 37.4 Å². The molecule has 1 aliphatic carbocycles. The van der Waals surface area contributed by atoms with E-state index in [-0.39, 0.29) is 12.5 Å². The number of methoxy groups -OCH3 is 2. The highest BCUT2D eigenvalue weighted by molar-refractivity contribution is 6.04. The van der Waals surface area contributed by atoms with Gasteiger partial charge in [-0.25, -0.2) is 0 Å². The monoisotopic (exact) mass is 441 g/mol. The first-order valence-corrected chi connectivity index (χ1v) is 10.9. The molecule has 0 aromatic heterocycles. The lowest BCUT2D eigenvalue weighted by Crippen LogP contribution is -2.60. The number of hydrogen-bond donors (Lipinski definition) is 1. The number of likely N-dealkylation sites (tertiary alicyclic amines) is 1. The van der Waals surface area contributed by atoms with E-state index >= 15 is 0 Å². The highest BCUT2D eigenvalue weighted by Gasteiger charge is 2.60. The zero-order valence-electron chi connectivity index (χ0n) is 18.1. The Kier molecular flexibility index (Phi) is 5.85. The van der Waals surface area contributed by atoms with Crippen LogP contribution in [-0.2, 0) is 4.79 Å². The number of benzene rings is 1. The summed E-state index contributed by atoms with van der Waals surface area (Å²) in [6, 6.07) is 5.45. The molecule has 0 radical (unpaired) electrons. The van der Waals surface area contributed by atoms with Crippen LogP contribution in [0.1, 0.15) is 44.9 Å². The van der Waals surface area contributed by atoms with Gasteiger partial charge in [0.1, 0.15) is 11.2 Å². The van der Waals surface area contributed by atoms with E-state index in [2.05, 4.69) is 5.32 Å². The number of hydrogen-bond acceptors (Lipinski definition) is 5. The molecule has 1 amide bonds. The van der Waals surface area contributed by atoms with E-state index in [9.17, 15) is 18.0 Å². The average Bonchev–Trinajstić information content (AvgIpc) is 3.30. The number of alkyl halides is 3. The van der Waals surface area contributed by atoms with E-state index < -0.39 is 23.8 Å². The van der Waals surface area contributed by atoms with E-state index in [0.717, 1.165) is 31.4 Å². The summed E-state index contributed by atoms with van der Waals surface area (Å²) in [5.41, 5.74) is -0.459. The van der Waals surface area contributed by atoms with Gasteiger partial charge in [0.2, 0.25) is 5.91 Å². The fraction of sp³-hybridized carbons (Fsp3) is 0.682. The molecule has 1 N–H and O–H groups in total. The van der Waals surface area contributed by atoms with Gasteiger partial charge in [0, 0.05) is 31.4 Å². The lowest BCUT2D eigenvalue weighted by molar-refractivity contribution is -0.138. The highest BCUT2D eigenvalue weighted by atomic mass is 19.4. The zero-order valence-corrected chi connectivity index (χ0v) is 18.1. The maximum atomic E-state index is 13.7. The Balaban J connectivity index is 1.62. The lowest BCUT2D eigenvalue weighted by Gasteiger charge is -2.45. The van der Waals surface area contributed by atoms with E-state index in [1.54, 1.807) is 20.3 Å². The summed E-state index contributed by atoms with van der Waals surface area (Å²) in [4.78, 5) is 17.4. The SMILES string of the molecule is COc1ccc(N2C(=O)C3(CCCC3)NC23CCN(CCC(F)(F)F)CC3)cc1OC. The molecule has 1 saturated carbocycles. The van der Waals surface area contributed by atoms with Crippen LogP contribution in [0, 0.1) is 0 Å². The van der Waals surface area contributed by atoms with Crippen molar-refractivity contribution < 1.29 is 27.4 Å². The number of carbonyl (C=O) groups excluding carboxylic acids is 1. The topological polar surface area (TPSA) is 54.0 Å². The number of nitrogens with one attached hydrogen (secondary N) is 1. The van der Waals surface area contributed by atoms with Crippen molar-refractivity contribution in [3.63, 3.8) is 0 Å². The summed E-state index contributed by atoms with van der Waals surface area (Å²) in [6.45, 7) is 1.02. The van der Waals surface area contributed by atoms with Crippen molar-refractivity contribution >= 4 is 11.6 Å². The predicted octanol–water partition coefficient (Wildman–Crippen LogP) is 3.70. The van der Waals surface area contributed by atoms with Gasteiger partial charge >= 0.3 is 6.18 Å². The van der Waals surface area contributed by atoms with Crippen molar-refractivity contribution in [3.05, 3.63) is 18.2 Å². The molecular formula is C22H30F3N3O3. The molecule has 172 valence electrons. The third-order valence-electron chi connectivity index (χ3n) is 6.99. The molecule has 4 rings (SSSR count). The van der Waals surface area contributed by atoms with Crippen LogP contribution in [0.4, 0.5) is 18.9 Å². The first kappa shape index (κ1) is 22.2. The van der Waals surface area contributed by atoms with Crippen LogP contribution in [0.2, 0.25) is 0 Å². The van der Waals surface area contributed by atoms with Crippen molar-refractivity contribution in [2.75, 3.05) is 38.8 Å². The van der Waals surface area contributed by atoms with E-state index in [1.165, 1.54) is 0 Å². The Morgan fingerprint density at radius 1 is 1.03 bits per heavy atom.